The van der Waals surface area contributed by atoms with Crippen LogP contribution >= 0.6 is 0 Å². The van der Waals surface area contributed by atoms with Gasteiger partial charge in [-0.05, 0) is 37.5 Å². The minimum atomic E-state index is -2.24. The fraction of sp³-hybridized carbons (Fsp3) is 0.739. The van der Waals surface area contributed by atoms with E-state index in [9.17, 15) is 5.11 Å². The van der Waals surface area contributed by atoms with Crippen molar-refractivity contribution >= 4 is 8.32 Å². The van der Waals surface area contributed by atoms with E-state index >= 15 is 4.39 Å². The van der Waals surface area contributed by atoms with Gasteiger partial charge in [0.15, 0.2) is 26.1 Å². The van der Waals surface area contributed by atoms with Crippen LogP contribution in [0.5, 0.6) is 0 Å². The molecule has 5 atom stereocenters. The van der Waals surface area contributed by atoms with Gasteiger partial charge in [0.1, 0.15) is 18.3 Å². The second-order valence-corrected chi connectivity index (χ2v) is 15.3. The molecule has 0 radical (unpaired) electrons. The van der Waals surface area contributed by atoms with Gasteiger partial charge in [-0.2, -0.15) is 0 Å². The highest BCUT2D eigenvalue weighted by molar-refractivity contribution is 6.74. The molecule has 2 heterocycles. The van der Waals surface area contributed by atoms with E-state index in [-0.39, 0.29) is 18.3 Å². The van der Waals surface area contributed by atoms with E-state index < -0.39 is 51.0 Å². The largest absolute Gasteiger partial charge is 0.413 e. The van der Waals surface area contributed by atoms with Gasteiger partial charge in [0, 0.05) is 0 Å². The molecule has 0 aromatic heterocycles. The number of aliphatic hydroxyl groups is 1. The molecule has 2 aliphatic rings. The Bertz CT molecular complexity index is 737. The molecule has 6 nitrogen and oxygen atoms in total. The summed E-state index contributed by atoms with van der Waals surface area (Å²) in [6, 6.07) is 9.64. The molecule has 2 fully saturated rings. The summed E-state index contributed by atoms with van der Waals surface area (Å²) in [5.74, 6) is -0.857. The van der Waals surface area contributed by atoms with Crippen LogP contribution in [0.1, 0.15) is 40.2 Å². The van der Waals surface area contributed by atoms with Gasteiger partial charge in [-0.25, -0.2) is 4.39 Å². The number of fused-ring (bicyclic) bond motifs is 1. The van der Waals surface area contributed by atoms with Crippen LogP contribution in [0.4, 0.5) is 4.39 Å². The molecule has 1 aromatic rings. The Morgan fingerprint density at radius 1 is 1.13 bits per heavy atom. The molecule has 2 saturated heterocycles. The summed E-state index contributed by atoms with van der Waals surface area (Å²) in [6.45, 7) is 13.2. The minimum Gasteiger partial charge on any atom is -0.413 e. The van der Waals surface area contributed by atoms with Crippen LogP contribution in [-0.4, -0.2) is 62.7 Å². The maximum Gasteiger partial charge on any atom is 0.192 e. The normalized spacial score (nSPS) is 30.2. The summed E-state index contributed by atoms with van der Waals surface area (Å²) in [5.41, 5.74) is -1.20. The molecule has 0 aliphatic carbocycles. The van der Waals surface area contributed by atoms with Crippen molar-refractivity contribution in [1.82, 2.24) is 0 Å². The Kier molecular flexibility index (Phi) is 7.04. The number of aliphatic hydroxyl groups excluding tert-OH is 1. The maximum atomic E-state index is 16.2. The Balaban J connectivity index is 1.80. The second-order valence-electron chi connectivity index (χ2n) is 10.5. The van der Waals surface area contributed by atoms with E-state index in [0.29, 0.717) is 0 Å². The maximum absolute atomic E-state index is 16.2. The topological polar surface area (TPSA) is 66.4 Å². The fourth-order valence-electron chi connectivity index (χ4n) is 3.58. The first-order valence-electron chi connectivity index (χ1n) is 10.9. The smallest absolute Gasteiger partial charge is 0.192 e. The van der Waals surface area contributed by atoms with E-state index in [1.165, 1.54) is 0 Å². The molecule has 8 heteroatoms. The van der Waals surface area contributed by atoms with Crippen molar-refractivity contribution in [2.45, 2.75) is 95.4 Å². The van der Waals surface area contributed by atoms with Gasteiger partial charge < -0.3 is 28.5 Å². The third-order valence-electron chi connectivity index (χ3n) is 6.53. The highest BCUT2D eigenvalue weighted by Gasteiger charge is 2.62. The minimum absolute atomic E-state index is 0.0874. The predicted octanol–water partition coefficient (Wildman–Crippen LogP) is 4.17. The first kappa shape index (κ1) is 24.8. The van der Waals surface area contributed by atoms with Gasteiger partial charge in [0.05, 0.1) is 19.8 Å². The highest BCUT2D eigenvalue weighted by atomic mass is 28.4. The Morgan fingerprint density at radius 2 is 1.77 bits per heavy atom. The van der Waals surface area contributed by atoms with E-state index in [1.54, 1.807) is 13.8 Å². The van der Waals surface area contributed by atoms with Gasteiger partial charge in [0.25, 0.3) is 0 Å². The van der Waals surface area contributed by atoms with Crippen molar-refractivity contribution in [3.63, 3.8) is 0 Å². The van der Waals surface area contributed by atoms with E-state index in [0.717, 1.165) is 5.56 Å². The number of hydrogen-bond donors (Lipinski definition) is 1. The average molecular weight is 457 g/mol. The third kappa shape index (κ3) is 5.38. The number of ether oxygens (including phenoxy) is 4. The first-order valence-corrected chi connectivity index (χ1v) is 13.8. The van der Waals surface area contributed by atoms with Crippen LogP contribution in [0.15, 0.2) is 30.3 Å². The van der Waals surface area contributed by atoms with Crippen molar-refractivity contribution in [3.8, 4) is 0 Å². The summed E-state index contributed by atoms with van der Waals surface area (Å²) < 4.78 is 46.2. The van der Waals surface area contributed by atoms with Crippen molar-refractivity contribution < 1.29 is 32.9 Å². The lowest BCUT2D eigenvalue weighted by atomic mass is 9.95. The van der Waals surface area contributed by atoms with Crippen molar-refractivity contribution in [1.29, 1.82) is 0 Å². The Morgan fingerprint density at radius 3 is 2.35 bits per heavy atom. The zero-order valence-electron chi connectivity index (χ0n) is 19.7. The molecular weight excluding hydrogens is 419 g/mol. The van der Waals surface area contributed by atoms with Crippen LogP contribution in [0.2, 0.25) is 18.1 Å². The third-order valence-corrected chi connectivity index (χ3v) is 11.0. The molecule has 0 unspecified atom stereocenters. The number of hydrogen-bond acceptors (Lipinski definition) is 6. The summed E-state index contributed by atoms with van der Waals surface area (Å²) in [6.07, 6.45) is -3.21. The number of alkyl halides is 1. The zero-order chi connectivity index (χ0) is 23.1. The second kappa shape index (κ2) is 8.82. The molecule has 3 rings (SSSR count). The molecular formula is C23H37FO6Si. The molecule has 31 heavy (non-hydrogen) atoms. The predicted molar refractivity (Wildman–Crippen MR) is 118 cm³/mol. The number of halogens is 1. The monoisotopic (exact) mass is 456 g/mol. The lowest BCUT2D eigenvalue weighted by Gasteiger charge is -2.40. The summed E-state index contributed by atoms with van der Waals surface area (Å²) >= 11 is 0. The quantitative estimate of drug-likeness (QED) is 0.592. The highest BCUT2D eigenvalue weighted by Crippen LogP contribution is 2.44. The van der Waals surface area contributed by atoms with Gasteiger partial charge in [-0.1, -0.05) is 51.1 Å². The van der Waals surface area contributed by atoms with Crippen LogP contribution < -0.4 is 0 Å². The molecule has 0 bridgehead atoms. The molecule has 0 spiro atoms. The van der Waals surface area contributed by atoms with Crippen molar-refractivity contribution in [2.75, 3.05) is 13.2 Å². The molecule has 0 saturated carbocycles. The molecule has 1 aromatic carbocycles. The van der Waals surface area contributed by atoms with E-state index in [4.69, 9.17) is 23.4 Å². The number of benzene rings is 1. The lowest BCUT2D eigenvalue weighted by Crippen LogP contribution is -2.55. The van der Waals surface area contributed by atoms with Crippen molar-refractivity contribution in [2.24, 2.45) is 0 Å². The van der Waals surface area contributed by atoms with Crippen LogP contribution in [0.25, 0.3) is 0 Å². The standard InChI is InChI=1S/C23H37FO6Si/c1-21(2,3)31(6,7)27-15-23(24,14-25)19-17(26-13-16-11-9-8-10-12-16)18-20(28-19)30-22(4,5)29-18/h8-12,17-20,25H,13-15H2,1-7H3/t17-,18-,19+,20-,23-/m1/s1. The van der Waals surface area contributed by atoms with Gasteiger partial charge in [-0.3, -0.25) is 0 Å². The fourth-order valence-corrected chi connectivity index (χ4v) is 4.61. The van der Waals surface area contributed by atoms with Gasteiger partial charge in [-0.15, -0.1) is 0 Å². The van der Waals surface area contributed by atoms with Crippen molar-refractivity contribution in [3.05, 3.63) is 35.9 Å². The van der Waals surface area contributed by atoms with Crippen LogP contribution in [0, 0.1) is 0 Å². The summed E-state index contributed by atoms with van der Waals surface area (Å²) in [7, 11) is -2.24. The lowest BCUT2D eigenvalue weighted by molar-refractivity contribution is -0.241. The van der Waals surface area contributed by atoms with Gasteiger partial charge in [0.2, 0.25) is 0 Å². The zero-order valence-corrected chi connectivity index (χ0v) is 20.7. The SMILES string of the molecule is CC1(C)O[C@H]2O[C@H]([C@@](F)(CO)CO[Si](C)(C)C(C)(C)C)[C@H](OCc3ccccc3)[C@H]2O1. The van der Waals surface area contributed by atoms with E-state index in [2.05, 4.69) is 20.8 Å². The Labute approximate surface area is 186 Å². The molecule has 0 amide bonds. The summed E-state index contributed by atoms with van der Waals surface area (Å²) in [4.78, 5) is 0. The number of rotatable bonds is 8. The molecule has 176 valence electrons. The van der Waals surface area contributed by atoms with Gasteiger partial charge >= 0.3 is 0 Å². The first-order chi connectivity index (χ1) is 14.3. The molecule has 1 N–H and O–H groups in total. The van der Waals surface area contributed by atoms with E-state index in [1.807, 2.05) is 43.4 Å². The molecule has 2 aliphatic heterocycles. The average Bonchev–Trinajstić information content (AvgIpc) is 3.16. The summed E-state index contributed by atoms with van der Waals surface area (Å²) in [5, 5.41) is 9.97. The van der Waals surface area contributed by atoms with Crippen LogP contribution in [-0.2, 0) is 30.0 Å². The Hall–Kier alpha value is -0.873. The van der Waals surface area contributed by atoms with Crippen LogP contribution in [0.3, 0.4) is 0 Å².